The Labute approximate surface area is 104 Å². The van der Waals surface area contributed by atoms with Crippen molar-refractivity contribution in [2.45, 2.75) is 18.2 Å². The number of rotatable bonds is 2. The molecule has 1 aliphatic carbocycles. The highest BCUT2D eigenvalue weighted by atomic mass is 35.5. The van der Waals surface area contributed by atoms with Gasteiger partial charge in [0.05, 0.1) is 5.38 Å². The van der Waals surface area contributed by atoms with Gasteiger partial charge < -0.3 is 9.47 Å². The quantitative estimate of drug-likeness (QED) is 0.752. The molecule has 0 bridgehead atoms. The second kappa shape index (κ2) is 4.01. The van der Waals surface area contributed by atoms with Gasteiger partial charge in [-0.15, -0.1) is 11.6 Å². The Morgan fingerprint density at radius 1 is 1.12 bits per heavy atom. The Bertz CT molecular complexity index is 416. The minimum absolute atomic E-state index is 0.00308. The van der Waals surface area contributed by atoms with E-state index < -0.39 is 0 Å². The van der Waals surface area contributed by atoms with Crippen LogP contribution in [0.2, 0.25) is 5.02 Å². The summed E-state index contributed by atoms with van der Waals surface area (Å²) >= 11 is 12.6. The molecule has 0 aromatic heterocycles. The maximum Gasteiger partial charge on any atom is 0.162 e. The van der Waals surface area contributed by atoms with Gasteiger partial charge in [0, 0.05) is 11.1 Å². The van der Waals surface area contributed by atoms with Gasteiger partial charge in [-0.05, 0) is 30.4 Å². The molecule has 0 N–H and O–H groups in total. The molecule has 2 nitrogen and oxygen atoms in total. The summed E-state index contributed by atoms with van der Waals surface area (Å²) in [5, 5.41) is 0.680. The molecule has 1 fully saturated rings. The predicted octanol–water partition coefficient (Wildman–Crippen LogP) is 3.80. The molecule has 1 aliphatic heterocycles. The van der Waals surface area contributed by atoms with Crippen LogP contribution < -0.4 is 9.47 Å². The molecule has 0 spiro atoms. The maximum atomic E-state index is 6.37. The number of benzene rings is 1. The summed E-state index contributed by atoms with van der Waals surface area (Å²) in [7, 11) is 0. The van der Waals surface area contributed by atoms with Gasteiger partial charge in [-0.25, -0.2) is 0 Å². The number of hydrogen-bond acceptors (Lipinski definition) is 2. The second-order valence-electron chi connectivity index (χ2n) is 4.26. The zero-order chi connectivity index (χ0) is 11.1. The van der Waals surface area contributed by atoms with E-state index in [0.29, 0.717) is 24.2 Å². The van der Waals surface area contributed by atoms with E-state index in [-0.39, 0.29) is 5.38 Å². The first kappa shape index (κ1) is 10.5. The maximum absolute atomic E-state index is 6.37. The molecular formula is C12H12Cl2O2. The smallest absolute Gasteiger partial charge is 0.162 e. The third-order valence-electron chi connectivity index (χ3n) is 2.99. The third kappa shape index (κ3) is 1.85. The predicted molar refractivity (Wildman–Crippen MR) is 63.8 cm³/mol. The van der Waals surface area contributed by atoms with Crippen LogP contribution in [0.25, 0.3) is 0 Å². The molecule has 1 unspecified atom stereocenters. The summed E-state index contributed by atoms with van der Waals surface area (Å²) in [5.41, 5.74) is 0.968. The molecule has 4 heteroatoms. The van der Waals surface area contributed by atoms with Crippen molar-refractivity contribution < 1.29 is 9.47 Å². The topological polar surface area (TPSA) is 18.5 Å². The largest absolute Gasteiger partial charge is 0.486 e. The fourth-order valence-corrected chi connectivity index (χ4v) is 2.69. The van der Waals surface area contributed by atoms with Gasteiger partial charge in [0.25, 0.3) is 0 Å². The lowest BCUT2D eigenvalue weighted by Gasteiger charge is -2.21. The lowest BCUT2D eigenvalue weighted by Crippen LogP contribution is -2.15. The van der Waals surface area contributed by atoms with E-state index in [1.54, 1.807) is 0 Å². The van der Waals surface area contributed by atoms with E-state index in [4.69, 9.17) is 32.7 Å². The van der Waals surface area contributed by atoms with Gasteiger partial charge in [0.2, 0.25) is 0 Å². The average Bonchev–Trinajstić information content (AvgIpc) is 3.11. The van der Waals surface area contributed by atoms with E-state index in [0.717, 1.165) is 17.1 Å². The summed E-state index contributed by atoms with van der Waals surface area (Å²) < 4.78 is 11.0. The lowest BCUT2D eigenvalue weighted by molar-refractivity contribution is 0.171. The molecule has 1 aromatic rings. The van der Waals surface area contributed by atoms with Crippen molar-refractivity contribution >= 4 is 23.2 Å². The molecule has 0 radical (unpaired) electrons. The van der Waals surface area contributed by atoms with Crippen LogP contribution in [0.1, 0.15) is 23.8 Å². The highest BCUT2D eigenvalue weighted by molar-refractivity contribution is 6.33. The van der Waals surface area contributed by atoms with Gasteiger partial charge in [-0.3, -0.25) is 0 Å². The molecule has 2 aliphatic rings. The van der Waals surface area contributed by atoms with Crippen molar-refractivity contribution in [2.75, 3.05) is 13.2 Å². The number of ether oxygens (including phenoxy) is 2. The van der Waals surface area contributed by atoms with E-state index in [2.05, 4.69) is 0 Å². The second-order valence-corrected chi connectivity index (χ2v) is 5.13. The number of halogens is 2. The molecule has 0 amide bonds. The minimum atomic E-state index is 0.00308. The van der Waals surface area contributed by atoms with Gasteiger partial charge in [-0.1, -0.05) is 11.6 Å². The van der Waals surface area contributed by atoms with Crippen LogP contribution >= 0.6 is 23.2 Å². The SMILES string of the molecule is Clc1cc2c(cc1C(Cl)C1CC1)OCCO2. The third-order valence-corrected chi connectivity index (χ3v) is 3.91. The van der Waals surface area contributed by atoms with Crippen molar-refractivity contribution in [1.29, 1.82) is 0 Å². The first-order valence-electron chi connectivity index (χ1n) is 5.49. The van der Waals surface area contributed by atoms with Crippen molar-refractivity contribution in [3.63, 3.8) is 0 Å². The number of hydrogen-bond donors (Lipinski definition) is 0. The molecular weight excluding hydrogens is 247 g/mol. The van der Waals surface area contributed by atoms with Gasteiger partial charge in [-0.2, -0.15) is 0 Å². The highest BCUT2D eigenvalue weighted by Gasteiger charge is 2.33. The Morgan fingerprint density at radius 2 is 1.75 bits per heavy atom. The first-order chi connectivity index (χ1) is 7.75. The van der Waals surface area contributed by atoms with E-state index in [1.165, 1.54) is 12.8 Å². The van der Waals surface area contributed by atoms with E-state index in [1.807, 2.05) is 12.1 Å². The van der Waals surface area contributed by atoms with Crippen molar-refractivity contribution in [2.24, 2.45) is 5.92 Å². The van der Waals surface area contributed by atoms with Gasteiger partial charge >= 0.3 is 0 Å². The van der Waals surface area contributed by atoms with Crippen LogP contribution in [-0.4, -0.2) is 13.2 Å². The molecule has 1 saturated carbocycles. The fourth-order valence-electron chi connectivity index (χ4n) is 1.93. The van der Waals surface area contributed by atoms with Crippen molar-refractivity contribution in [3.05, 3.63) is 22.7 Å². The van der Waals surface area contributed by atoms with Crippen LogP contribution in [-0.2, 0) is 0 Å². The lowest BCUT2D eigenvalue weighted by atomic mass is 10.1. The average molecular weight is 259 g/mol. The Kier molecular flexibility index (Phi) is 2.64. The summed E-state index contributed by atoms with van der Waals surface area (Å²) in [6, 6.07) is 3.73. The fraction of sp³-hybridized carbons (Fsp3) is 0.500. The van der Waals surface area contributed by atoms with Crippen LogP contribution in [0.15, 0.2) is 12.1 Å². The van der Waals surface area contributed by atoms with Crippen LogP contribution in [0.4, 0.5) is 0 Å². The summed E-state index contributed by atoms with van der Waals surface area (Å²) in [6.45, 7) is 1.17. The number of alkyl halides is 1. The molecule has 3 rings (SSSR count). The summed E-state index contributed by atoms with van der Waals surface area (Å²) in [4.78, 5) is 0. The normalized spacial score (nSPS) is 20.6. The minimum Gasteiger partial charge on any atom is -0.486 e. The van der Waals surface area contributed by atoms with Crippen molar-refractivity contribution in [3.8, 4) is 11.5 Å². The van der Waals surface area contributed by atoms with E-state index in [9.17, 15) is 0 Å². The Morgan fingerprint density at radius 3 is 2.38 bits per heavy atom. The zero-order valence-corrected chi connectivity index (χ0v) is 10.2. The standard InChI is InChI=1S/C12H12Cl2O2/c13-9-6-11-10(15-3-4-16-11)5-8(9)12(14)7-1-2-7/h5-7,12H,1-4H2. The summed E-state index contributed by atoms with van der Waals surface area (Å²) in [6.07, 6.45) is 2.39. The molecule has 1 aromatic carbocycles. The van der Waals surface area contributed by atoms with Gasteiger partial charge in [0.15, 0.2) is 11.5 Å². The first-order valence-corrected chi connectivity index (χ1v) is 6.30. The molecule has 0 saturated heterocycles. The molecule has 86 valence electrons. The van der Waals surface area contributed by atoms with Crippen LogP contribution in [0.5, 0.6) is 11.5 Å². The van der Waals surface area contributed by atoms with Crippen molar-refractivity contribution in [1.82, 2.24) is 0 Å². The zero-order valence-electron chi connectivity index (χ0n) is 8.71. The highest BCUT2D eigenvalue weighted by Crippen LogP contribution is 2.49. The number of fused-ring (bicyclic) bond motifs is 1. The van der Waals surface area contributed by atoms with Gasteiger partial charge in [0.1, 0.15) is 13.2 Å². The summed E-state index contributed by atoms with van der Waals surface area (Å²) in [5.74, 6) is 2.05. The molecule has 1 heterocycles. The van der Waals surface area contributed by atoms with E-state index >= 15 is 0 Å². The van der Waals surface area contributed by atoms with Crippen LogP contribution in [0, 0.1) is 5.92 Å². The Hall–Kier alpha value is -0.600. The molecule has 1 atom stereocenters. The molecule has 16 heavy (non-hydrogen) atoms. The Balaban J connectivity index is 1.97. The van der Waals surface area contributed by atoms with Crippen LogP contribution in [0.3, 0.4) is 0 Å². The monoisotopic (exact) mass is 258 g/mol.